The number of halogens is 1. The van der Waals surface area contributed by atoms with Crippen LogP contribution in [0.1, 0.15) is 0 Å². The molecule has 0 bridgehead atoms. The van der Waals surface area contributed by atoms with E-state index in [9.17, 15) is 9.59 Å². The molecule has 0 aliphatic rings. The number of nitrogens with zero attached hydrogens (tertiary/aromatic N) is 3. The molecule has 0 fully saturated rings. The number of hydrogen-bond acceptors (Lipinski definition) is 4. The number of H-pyrrole nitrogens is 2. The SMILES string of the molecule is O=c1[nH]cc(-c2cc(Br)c3nccn3n2)c(=O)[nH]1. The Morgan fingerprint density at radius 3 is 2.94 bits per heavy atom. The Labute approximate surface area is 108 Å². The highest BCUT2D eigenvalue weighted by Gasteiger charge is 2.10. The van der Waals surface area contributed by atoms with Gasteiger partial charge in [-0.25, -0.2) is 14.3 Å². The van der Waals surface area contributed by atoms with Gasteiger partial charge in [0.15, 0.2) is 5.65 Å². The molecular formula is C10H6BrN5O2. The molecule has 0 aliphatic carbocycles. The van der Waals surface area contributed by atoms with Crippen molar-refractivity contribution in [1.29, 1.82) is 0 Å². The third kappa shape index (κ3) is 1.66. The van der Waals surface area contributed by atoms with E-state index in [1.807, 2.05) is 0 Å². The van der Waals surface area contributed by atoms with Crippen LogP contribution in [0, 0.1) is 0 Å². The molecule has 3 aromatic rings. The van der Waals surface area contributed by atoms with Gasteiger partial charge in [-0.3, -0.25) is 9.78 Å². The maximum Gasteiger partial charge on any atom is 0.325 e. The molecule has 0 unspecified atom stereocenters. The van der Waals surface area contributed by atoms with Crippen molar-refractivity contribution >= 4 is 21.6 Å². The first-order valence-electron chi connectivity index (χ1n) is 4.97. The van der Waals surface area contributed by atoms with Crippen LogP contribution < -0.4 is 11.2 Å². The van der Waals surface area contributed by atoms with E-state index in [1.165, 1.54) is 6.20 Å². The van der Waals surface area contributed by atoms with E-state index in [1.54, 1.807) is 23.0 Å². The molecule has 0 radical (unpaired) electrons. The molecule has 2 N–H and O–H groups in total. The van der Waals surface area contributed by atoms with Gasteiger partial charge in [-0.05, 0) is 22.0 Å². The van der Waals surface area contributed by atoms with Crippen molar-refractivity contribution in [3.05, 3.63) is 50.0 Å². The van der Waals surface area contributed by atoms with E-state index < -0.39 is 11.2 Å². The molecule has 0 aromatic carbocycles. The number of fused-ring (bicyclic) bond motifs is 1. The Hall–Kier alpha value is -2.22. The maximum atomic E-state index is 11.7. The Morgan fingerprint density at radius 2 is 2.17 bits per heavy atom. The average Bonchev–Trinajstić information content (AvgIpc) is 2.77. The van der Waals surface area contributed by atoms with Gasteiger partial charge >= 0.3 is 5.69 Å². The van der Waals surface area contributed by atoms with E-state index in [2.05, 4.69) is 36.0 Å². The molecule has 0 amide bonds. The Morgan fingerprint density at radius 1 is 1.33 bits per heavy atom. The third-order valence-electron chi connectivity index (χ3n) is 2.41. The molecule has 7 nitrogen and oxygen atoms in total. The van der Waals surface area contributed by atoms with Crippen LogP contribution in [0.3, 0.4) is 0 Å². The molecular weight excluding hydrogens is 302 g/mol. The van der Waals surface area contributed by atoms with Crippen LogP contribution in [0.25, 0.3) is 16.9 Å². The summed E-state index contributed by atoms with van der Waals surface area (Å²) in [5.74, 6) is 0. The van der Waals surface area contributed by atoms with Crippen molar-refractivity contribution < 1.29 is 0 Å². The van der Waals surface area contributed by atoms with E-state index in [0.717, 1.165) is 0 Å². The lowest BCUT2D eigenvalue weighted by atomic mass is 10.2. The first kappa shape index (κ1) is 10.9. The van der Waals surface area contributed by atoms with Crippen molar-refractivity contribution in [2.24, 2.45) is 0 Å². The predicted octanol–water partition coefficient (Wildman–Crippen LogP) is 0.535. The van der Waals surface area contributed by atoms with Crippen LogP contribution in [-0.2, 0) is 0 Å². The normalized spacial score (nSPS) is 10.9. The predicted molar refractivity (Wildman–Crippen MR) is 67.4 cm³/mol. The highest BCUT2D eigenvalue weighted by Crippen LogP contribution is 2.20. The fourth-order valence-electron chi connectivity index (χ4n) is 1.61. The van der Waals surface area contributed by atoms with Crippen molar-refractivity contribution in [3.63, 3.8) is 0 Å². The summed E-state index contributed by atoms with van der Waals surface area (Å²) in [6, 6.07) is 1.67. The standard InChI is InChI=1S/C10H6BrN5O2/c11-6-3-7(15-16-2-1-12-8(6)16)5-4-13-10(18)14-9(5)17/h1-4H,(H2,13,14,17,18). The Bertz CT molecular complexity index is 847. The van der Waals surface area contributed by atoms with Gasteiger partial charge < -0.3 is 4.98 Å². The van der Waals surface area contributed by atoms with Crippen LogP contribution in [0.5, 0.6) is 0 Å². The molecule has 3 aromatic heterocycles. The minimum absolute atomic E-state index is 0.283. The lowest BCUT2D eigenvalue weighted by Crippen LogP contribution is -2.23. The average molecular weight is 308 g/mol. The summed E-state index contributed by atoms with van der Waals surface area (Å²) in [7, 11) is 0. The minimum atomic E-state index is -0.550. The first-order chi connectivity index (χ1) is 8.65. The summed E-state index contributed by atoms with van der Waals surface area (Å²) in [5, 5.41) is 4.24. The van der Waals surface area contributed by atoms with Crippen molar-refractivity contribution in [2.45, 2.75) is 0 Å². The van der Waals surface area contributed by atoms with Crippen LogP contribution in [-0.4, -0.2) is 24.6 Å². The second-order valence-electron chi connectivity index (χ2n) is 3.56. The molecule has 8 heteroatoms. The molecule has 0 saturated carbocycles. The largest absolute Gasteiger partial charge is 0.325 e. The Balaban J connectivity index is 2.31. The summed E-state index contributed by atoms with van der Waals surface area (Å²) < 4.78 is 2.26. The van der Waals surface area contributed by atoms with Crippen LogP contribution >= 0.6 is 15.9 Å². The lowest BCUT2D eigenvalue weighted by molar-refractivity contribution is 0.930. The van der Waals surface area contributed by atoms with Gasteiger partial charge in [0.2, 0.25) is 0 Å². The van der Waals surface area contributed by atoms with Crippen LogP contribution in [0.2, 0.25) is 0 Å². The molecule has 0 saturated heterocycles. The molecule has 18 heavy (non-hydrogen) atoms. The summed E-state index contributed by atoms with van der Waals surface area (Å²) in [5.41, 5.74) is 0.333. The van der Waals surface area contributed by atoms with Crippen molar-refractivity contribution in [2.75, 3.05) is 0 Å². The molecule has 90 valence electrons. The van der Waals surface area contributed by atoms with Gasteiger partial charge in [-0.1, -0.05) is 0 Å². The number of hydrogen-bond donors (Lipinski definition) is 2. The Kier molecular flexibility index (Phi) is 2.37. The van der Waals surface area contributed by atoms with E-state index in [0.29, 0.717) is 15.8 Å². The summed E-state index contributed by atoms with van der Waals surface area (Å²) in [6.07, 6.45) is 4.61. The molecule has 0 aliphatic heterocycles. The van der Waals surface area contributed by atoms with E-state index >= 15 is 0 Å². The van der Waals surface area contributed by atoms with Crippen LogP contribution in [0.4, 0.5) is 0 Å². The van der Waals surface area contributed by atoms with Gasteiger partial charge in [-0.2, -0.15) is 5.10 Å². The van der Waals surface area contributed by atoms with Gasteiger partial charge in [-0.15, -0.1) is 0 Å². The van der Waals surface area contributed by atoms with Crippen molar-refractivity contribution in [3.8, 4) is 11.3 Å². The molecule has 0 atom stereocenters. The highest BCUT2D eigenvalue weighted by atomic mass is 79.9. The zero-order valence-corrected chi connectivity index (χ0v) is 10.4. The van der Waals surface area contributed by atoms with Gasteiger partial charge in [0.25, 0.3) is 5.56 Å². The smallest absolute Gasteiger partial charge is 0.313 e. The summed E-state index contributed by atoms with van der Waals surface area (Å²) >= 11 is 3.36. The number of aromatic nitrogens is 5. The van der Waals surface area contributed by atoms with Crippen molar-refractivity contribution in [1.82, 2.24) is 24.6 Å². The maximum absolute atomic E-state index is 11.7. The second-order valence-corrected chi connectivity index (χ2v) is 4.41. The number of aromatic amines is 2. The lowest BCUT2D eigenvalue weighted by Gasteiger charge is -2.02. The number of imidazole rings is 1. The van der Waals surface area contributed by atoms with Gasteiger partial charge in [0.05, 0.1) is 15.7 Å². The summed E-state index contributed by atoms with van der Waals surface area (Å²) in [4.78, 5) is 31.3. The summed E-state index contributed by atoms with van der Waals surface area (Å²) in [6.45, 7) is 0. The zero-order chi connectivity index (χ0) is 12.7. The first-order valence-corrected chi connectivity index (χ1v) is 5.77. The topological polar surface area (TPSA) is 95.9 Å². The number of rotatable bonds is 1. The monoisotopic (exact) mass is 307 g/mol. The highest BCUT2D eigenvalue weighted by molar-refractivity contribution is 9.10. The molecule has 3 heterocycles. The van der Waals surface area contributed by atoms with Crippen LogP contribution in [0.15, 0.2) is 38.7 Å². The minimum Gasteiger partial charge on any atom is -0.313 e. The molecule has 3 rings (SSSR count). The number of nitrogens with one attached hydrogen (secondary N) is 2. The molecule has 0 spiro atoms. The third-order valence-corrected chi connectivity index (χ3v) is 2.99. The quantitative estimate of drug-likeness (QED) is 0.685. The van der Waals surface area contributed by atoms with E-state index in [4.69, 9.17) is 0 Å². The van der Waals surface area contributed by atoms with E-state index in [-0.39, 0.29) is 5.56 Å². The zero-order valence-electron chi connectivity index (χ0n) is 8.85. The second kappa shape index (κ2) is 3.91. The van der Waals surface area contributed by atoms with Gasteiger partial charge in [0, 0.05) is 18.6 Å². The fourth-order valence-corrected chi connectivity index (χ4v) is 2.11. The van der Waals surface area contributed by atoms with Gasteiger partial charge in [0.1, 0.15) is 0 Å². The fraction of sp³-hybridized carbons (Fsp3) is 0.